The Bertz CT molecular complexity index is 292. The Morgan fingerprint density at radius 1 is 1.27 bits per heavy atom. The quantitative estimate of drug-likeness (QED) is 0.552. The zero-order valence-electron chi connectivity index (χ0n) is 6.14. The lowest BCUT2D eigenvalue weighted by Crippen LogP contribution is -2.31. The summed E-state index contributed by atoms with van der Waals surface area (Å²) in [4.78, 5) is 0. The maximum Gasteiger partial charge on any atom is 0.247 e. The molecule has 0 aliphatic carbocycles. The van der Waals surface area contributed by atoms with Crippen LogP contribution in [0, 0.1) is 22.7 Å². The molecule has 0 saturated carbocycles. The highest BCUT2D eigenvalue weighted by atomic mass is 32.2. The third-order valence-corrected chi connectivity index (χ3v) is 2.87. The van der Waals surface area contributed by atoms with Crippen LogP contribution < -0.4 is 0 Å². The minimum atomic E-state index is -3.73. The van der Waals surface area contributed by atoms with Crippen molar-refractivity contribution in [2.75, 3.05) is 14.1 Å². The normalized spacial score (nSPS) is 11.1. The monoisotopic (exact) mass is 173 g/mol. The largest absolute Gasteiger partial charge is 0.247 e. The van der Waals surface area contributed by atoms with E-state index in [1.165, 1.54) is 26.2 Å². The van der Waals surface area contributed by atoms with Gasteiger partial charge >= 0.3 is 0 Å². The molecule has 0 atom stereocenters. The Morgan fingerprint density at radius 2 is 1.64 bits per heavy atom. The van der Waals surface area contributed by atoms with Crippen LogP contribution in [-0.4, -0.2) is 32.1 Å². The summed E-state index contributed by atoms with van der Waals surface area (Å²) in [6, 6.07) is 2.77. The van der Waals surface area contributed by atoms with Crippen LogP contribution in [0.15, 0.2) is 0 Å². The highest BCUT2D eigenvalue weighted by Gasteiger charge is 2.26. The molecule has 0 amide bonds. The Hall–Kier alpha value is -1.11. The van der Waals surface area contributed by atoms with Gasteiger partial charge in [0.25, 0.3) is 0 Å². The van der Waals surface area contributed by atoms with Crippen molar-refractivity contribution in [3.8, 4) is 12.1 Å². The third-order valence-electron chi connectivity index (χ3n) is 1.04. The average Bonchev–Trinajstić information content (AvgIpc) is 1.89. The molecule has 0 spiro atoms. The summed E-state index contributed by atoms with van der Waals surface area (Å²) in [6.07, 6.45) is 0. The molecule has 0 aliphatic rings. The van der Waals surface area contributed by atoms with Gasteiger partial charge in [-0.3, -0.25) is 0 Å². The summed E-state index contributed by atoms with van der Waals surface area (Å²) in [6.45, 7) is 0. The SMILES string of the molecule is CN(C)S(=O)(=O)C(C#N)C#N. The Labute approximate surface area is 65.5 Å². The standard InChI is InChI=1S/C5H7N3O2S/c1-8(2)11(9,10)5(3-6)4-7/h5H,1-2H3. The highest BCUT2D eigenvalue weighted by molar-refractivity contribution is 7.90. The lowest BCUT2D eigenvalue weighted by atomic mass is 10.5. The van der Waals surface area contributed by atoms with Gasteiger partial charge < -0.3 is 0 Å². The molecule has 0 aromatic heterocycles. The summed E-state index contributed by atoms with van der Waals surface area (Å²) >= 11 is 0. The second-order valence-corrected chi connectivity index (χ2v) is 4.20. The van der Waals surface area contributed by atoms with Gasteiger partial charge in [-0.25, -0.2) is 12.7 Å². The second kappa shape index (κ2) is 3.33. The minimum Gasteiger partial charge on any atom is -0.210 e. The van der Waals surface area contributed by atoms with Crippen molar-refractivity contribution >= 4 is 10.0 Å². The maximum atomic E-state index is 11.0. The van der Waals surface area contributed by atoms with Crippen molar-refractivity contribution in [3.63, 3.8) is 0 Å². The van der Waals surface area contributed by atoms with Crippen LogP contribution in [0.5, 0.6) is 0 Å². The van der Waals surface area contributed by atoms with Crippen molar-refractivity contribution in [3.05, 3.63) is 0 Å². The first kappa shape index (κ1) is 9.89. The predicted molar refractivity (Wildman–Crippen MR) is 37.6 cm³/mol. The molecule has 60 valence electrons. The fourth-order valence-corrected chi connectivity index (χ4v) is 1.06. The topological polar surface area (TPSA) is 85.0 Å². The van der Waals surface area contributed by atoms with Gasteiger partial charge in [0.15, 0.2) is 0 Å². The second-order valence-electron chi connectivity index (χ2n) is 1.97. The fourth-order valence-electron chi connectivity index (χ4n) is 0.373. The van der Waals surface area contributed by atoms with Crippen molar-refractivity contribution in [1.82, 2.24) is 4.31 Å². The molecule has 0 aromatic rings. The number of hydrogen-bond acceptors (Lipinski definition) is 4. The van der Waals surface area contributed by atoms with Crippen LogP contribution in [0.25, 0.3) is 0 Å². The van der Waals surface area contributed by atoms with E-state index in [-0.39, 0.29) is 0 Å². The van der Waals surface area contributed by atoms with Gasteiger partial charge in [0.2, 0.25) is 15.3 Å². The van der Waals surface area contributed by atoms with E-state index in [1.54, 1.807) is 0 Å². The first-order valence-electron chi connectivity index (χ1n) is 2.67. The van der Waals surface area contributed by atoms with Gasteiger partial charge in [0, 0.05) is 14.1 Å². The molecule has 0 radical (unpaired) electrons. The van der Waals surface area contributed by atoms with Crippen molar-refractivity contribution in [2.24, 2.45) is 0 Å². The fraction of sp³-hybridized carbons (Fsp3) is 0.600. The first-order chi connectivity index (χ1) is 4.96. The number of hydrogen-bond donors (Lipinski definition) is 0. The average molecular weight is 173 g/mol. The van der Waals surface area contributed by atoms with E-state index in [2.05, 4.69) is 0 Å². The summed E-state index contributed by atoms with van der Waals surface area (Å²) in [5.74, 6) is 0. The number of rotatable bonds is 2. The van der Waals surface area contributed by atoms with E-state index in [9.17, 15) is 8.42 Å². The Kier molecular flexibility index (Phi) is 2.99. The number of sulfonamides is 1. The van der Waals surface area contributed by atoms with Gasteiger partial charge in [-0.2, -0.15) is 10.5 Å². The van der Waals surface area contributed by atoms with E-state index in [4.69, 9.17) is 10.5 Å². The molecule has 0 N–H and O–H groups in total. The molecule has 0 heterocycles. The van der Waals surface area contributed by atoms with Crippen molar-refractivity contribution in [2.45, 2.75) is 5.25 Å². The van der Waals surface area contributed by atoms with E-state index in [0.29, 0.717) is 0 Å². The zero-order chi connectivity index (χ0) is 9.07. The smallest absolute Gasteiger partial charge is 0.210 e. The summed E-state index contributed by atoms with van der Waals surface area (Å²) < 4.78 is 22.8. The summed E-state index contributed by atoms with van der Waals surface area (Å²) in [5.41, 5.74) is 0. The van der Waals surface area contributed by atoms with Crippen LogP contribution in [-0.2, 0) is 10.0 Å². The summed E-state index contributed by atoms with van der Waals surface area (Å²) in [7, 11) is -1.18. The van der Waals surface area contributed by atoms with E-state index < -0.39 is 15.3 Å². The maximum absolute atomic E-state index is 11.0. The molecular weight excluding hydrogens is 166 g/mol. The zero-order valence-corrected chi connectivity index (χ0v) is 6.96. The van der Waals surface area contributed by atoms with Gasteiger partial charge in [-0.1, -0.05) is 0 Å². The van der Waals surface area contributed by atoms with Crippen LogP contribution in [0.2, 0.25) is 0 Å². The Balaban J connectivity index is 4.91. The summed E-state index contributed by atoms with van der Waals surface area (Å²) in [5, 5.41) is 14.9. The lowest BCUT2D eigenvalue weighted by molar-refractivity contribution is 0.520. The van der Waals surface area contributed by atoms with E-state index in [0.717, 1.165) is 4.31 Å². The molecule has 0 saturated heterocycles. The van der Waals surface area contributed by atoms with E-state index >= 15 is 0 Å². The molecule has 0 aromatic carbocycles. The van der Waals surface area contributed by atoms with Gasteiger partial charge in [0.05, 0.1) is 12.1 Å². The molecule has 0 aliphatic heterocycles. The molecular formula is C5H7N3O2S. The predicted octanol–water partition coefficient (Wildman–Crippen LogP) is -0.706. The number of nitriles is 2. The number of nitrogens with zero attached hydrogens (tertiary/aromatic N) is 3. The third kappa shape index (κ3) is 1.90. The molecule has 0 rings (SSSR count). The van der Waals surface area contributed by atoms with Crippen molar-refractivity contribution < 1.29 is 8.42 Å². The molecule has 0 bridgehead atoms. The molecule has 5 nitrogen and oxygen atoms in total. The van der Waals surface area contributed by atoms with Gasteiger partial charge in [0.1, 0.15) is 0 Å². The van der Waals surface area contributed by atoms with Crippen LogP contribution >= 0.6 is 0 Å². The van der Waals surface area contributed by atoms with Crippen LogP contribution in [0.3, 0.4) is 0 Å². The van der Waals surface area contributed by atoms with E-state index in [1.807, 2.05) is 0 Å². The van der Waals surface area contributed by atoms with Crippen LogP contribution in [0.1, 0.15) is 0 Å². The lowest BCUT2D eigenvalue weighted by Gasteiger charge is -2.09. The molecule has 0 fully saturated rings. The molecule has 11 heavy (non-hydrogen) atoms. The van der Waals surface area contributed by atoms with Gasteiger partial charge in [-0.05, 0) is 0 Å². The first-order valence-corrected chi connectivity index (χ1v) is 4.17. The van der Waals surface area contributed by atoms with Crippen LogP contribution in [0.4, 0.5) is 0 Å². The van der Waals surface area contributed by atoms with Crippen molar-refractivity contribution in [1.29, 1.82) is 10.5 Å². The Morgan fingerprint density at radius 3 is 1.73 bits per heavy atom. The molecule has 0 unspecified atom stereocenters. The molecule has 6 heteroatoms. The minimum absolute atomic E-state index is 0.851. The highest BCUT2D eigenvalue weighted by Crippen LogP contribution is 2.02. The van der Waals surface area contributed by atoms with Gasteiger partial charge in [-0.15, -0.1) is 0 Å².